The van der Waals surface area contributed by atoms with Gasteiger partial charge in [-0.3, -0.25) is 0 Å². The molecule has 1 aliphatic rings. The van der Waals surface area contributed by atoms with E-state index >= 15 is 0 Å². The number of ether oxygens (including phenoxy) is 2. The molecular weight excluding hydrogens is 439 g/mol. The van der Waals surface area contributed by atoms with Crippen LogP contribution >= 0.6 is 0 Å². The molecule has 4 heteroatoms. The maximum absolute atomic E-state index is 13.3. The number of benzene rings is 3. The molecule has 1 saturated heterocycles. The Hall–Kier alpha value is -2.39. The summed E-state index contributed by atoms with van der Waals surface area (Å²) < 4.78 is 13.6. The van der Waals surface area contributed by atoms with E-state index in [1.54, 1.807) is 0 Å². The van der Waals surface area contributed by atoms with Gasteiger partial charge in [0.05, 0.1) is 0 Å². The SMILES string of the molecule is CC[C@H]1OC(c2ccccc2)(c2ccccc2)[C@@H](C(=O)OC)[C@@H]1[Se]c1ccccc1. The summed E-state index contributed by atoms with van der Waals surface area (Å²) in [6, 6.07) is 30.7. The van der Waals surface area contributed by atoms with Crippen LogP contribution in [0.5, 0.6) is 0 Å². The molecule has 0 saturated carbocycles. The normalized spacial score (nSPS) is 22.5. The average molecular weight is 465 g/mol. The third-order valence-corrected chi connectivity index (χ3v) is 8.67. The molecule has 0 spiro atoms. The Balaban J connectivity index is 1.90. The van der Waals surface area contributed by atoms with Crippen molar-refractivity contribution >= 4 is 25.4 Å². The molecule has 0 radical (unpaired) electrons. The zero-order chi connectivity index (χ0) is 21.0. The van der Waals surface area contributed by atoms with Gasteiger partial charge < -0.3 is 0 Å². The quantitative estimate of drug-likeness (QED) is 0.401. The van der Waals surface area contributed by atoms with Crippen LogP contribution < -0.4 is 4.46 Å². The first-order valence-electron chi connectivity index (χ1n) is 10.3. The van der Waals surface area contributed by atoms with Crippen LogP contribution in [0.15, 0.2) is 91.0 Å². The molecule has 0 amide bonds. The van der Waals surface area contributed by atoms with Crippen molar-refractivity contribution in [3.63, 3.8) is 0 Å². The van der Waals surface area contributed by atoms with Crippen molar-refractivity contribution in [2.45, 2.75) is 29.9 Å². The van der Waals surface area contributed by atoms with Crippen molar-refractivity contribution in [2.75, 3.05) is 7.11 Å². The third kappa shape index (κ3) is 3.72. The minimum absolute atomic E-state index is 0.0327. The van der Waals surface area contributed by atoms with Gasteiger partial charge >= 0.3 is 185 Å². The van der Waals surface area contributed by atoms with Crippen LogP contribution in [0.2, 0.25) is 4.82 Å². The Labute approximate surface area is 184 Å². The Morgan fingerprint density at radius 1 is 0.900 bits per heavy atom. The number of hydrogen-bond acceptors (Lipinski definition) is 3. The molecule has 154 valence electrons. The van der Waals surface area contributed by atoms with Crippen LogP contribution in [0.4, 0.5) is 0 Å². The van der Waals surface area contributed by atoms with E-state index in [0.717, 1.165) is 17.5 Å². The van der Waals surface area contributed by atoms with E-state index in [1.807, 2.05) is 42.5 Å². The Morgan fingerprint density at radius 2 is 1.40 bits per heavy atom. The van der Waals surface area contributed by atoms with Crippen molar-refractivity contribution < 1.29 is 14.3 Å². The Kier molecular flexibility index (Phi) is 6.38. The van der Waals surface area contributed by atoms with E-state index in [1.165, 1.54) is 11.6 Å². The summed E-state index contributed by atoms with van der Waals surface area (Å²) in [7, 11) is 1.48. The molecule has 3 nitrogen and oxygen atoms in total. The van der Waals surface area contributed by atoms with Gasteiger partial charge in [-0.2, -0.15) is 0 Å². The number of carbonyl (C=O) groups is 1. The molecule has 1 heterocycles. The van der Waals surface area contributed by atoms with E-state index in [9.17, 15) is 4.79 Å². The predicted octanol–water partition coefficient (Wildman–Crippen LogP) is 4.35. The van der Waals surface area contributed by atoms with Gasteiger partial charge in [0.2, 0.25) is 0 Å². The second-order valence-corrected chi connectivity index (χ2v) is 10.1. The predicted molar refractivity (Wildman–Crippen MR) is 120 cm³/mol. The summed E-state index contributed by atoms with van der Waals surface area (Å²) in [6.07, 6.45) is 0.809. The van der Waals surface area contributed by atoms with Crippen LogP contribution in [0.1, 0.15) is 24.5 Å². The fraction of sp³-hybridized carbons (Fsp3) is 0.269. The average Bonchev–Trinajstić information content (AvgIpc) is 3.15. The van der Waals surface area contributed by atoms with Gasteiger partial charge in [-0.1, -0.05) is 0 Å². The van der Waals surface area contributed by atoms with Crippen molar-refractivity contribution in [3.8, 4) is 0 Å². The van der Waals surface area contributed by atoms with E-state index in [2.05, 4.69) is 55.5 Å². The number of esters is 1. The van der Waals surface area contributed by atoms with Crippen molar-refractivity contribution in [2.24, 2.45) is 5.92 Å². The molecule has 0 aliphatic carbocycles. The topological polar surface area (TPSA) is 35.5 Å². The Bertz CT molecular complexity index is 920. The second kappa shape index (κ2) is 9.18. The van der Waals surface area contributed by atoms with Gasteiger partial charge in [0.1, 0.15) is 0 Å². The van der Waals surface area contributed by atoms with Gasteiger partial charge in [-0.15, -0.1) is 0 Å². The molecule has 1 aliphatic heterocycles. The molecule has 3 atom stereocenters. The van der Waals surface area contributed by atoms with Crippen LogP contribution in [0.3, 0.4) is 0 Å². The summed E-state index contributed by atoms with van der Waals surface area (Å²) in [6.45, 7) is 2.14. The maximum atomic E-state index is 13.3. The summed E-state index contributed by atoms with van der Waals surface area (Å²) in [4.78, 5) is 13.4. The van der Waals surface area contributed by atoms with Gasteiger partial charge in [0, 0.05) is 0 Å². The monoisotopic (exact) mass is 466 g/mol. The summed E-state index contributed by atoms with van der Waals surface area (Å²) in [5.74, 6) is -0.626. The van der Waals surface area contributed by atoms with E-state index in [4.69, 9.17) is 9.47 Å². The van der Waals surface area contributed by atoms with Crippen LogP contribution in [0, 0.1) is 5.92 Å². The summed E-state index contributed by atoms with van der Waals surface area (Å²) in [5, 5.41) is 0. The number of carbonyl (C=O) groups excluding carboxylic acids is 1. The van der Waals surface area contributed by atoms with Crippen LogP contribution in [-0.2, 0) is 19.9 Å². The van der Waals surface area contributed by atoms with Crippen LogP contribution in [-0.4, -0.2) is 34.1 Å². The molecule has 30 heavy (non-hydrogen) atoms. The van der Waals surface area contributed by atoms with E-state index < -0.39 is 11.5 Å². The molecule has 4 rings (SSSR count). The summed E-state index contributed by atoms with van der Waals surface area (Å²) in [5.41, 5.74) is 1.13. The Morgan fingerprint density at radius 3 is 1.87 bits per heavy atom. The molecule has 3 aromatic rings. The van der Waals surface area contributed by atoms with E-state index in [0.29, 0.717) is 0 Å². The molecule has 0 unspecified atom stereocenters. The van der Waals surface area contributed by atoms with Gasteiger partial charge in [-0.05, 0) is 0 Å². The van der Waals surface area contributed by atoms with Crippen LogP contribution in [0.25, 0.3) is 0 Å². The first kappa shape index (κ1) is 20.9. The first-order valence-corrected chi connectivity index (χ1v) is 12.1. The zero-order valence-corrected chi connectivity index (χ0v) is 18.9. The summed E-state index contributed by atoms with van der Waals surface area (Å²) >= 11 is 0.0616. The fourth-order valence-corrected chi connectivity index (χ4v) is 7.48. The van der Waals surface area contributed by atoms with Crippen molar-refractivity contribution in [1.29, 1.82) is 0 Å². The van der Waals surface area contributed by atoms with Crippen molar-refractivity contribution in [3.05, 3.63) is 102 Å². The first-order chi connectivity index (χ1) is 14.7. The standard InChI is InChI=1S/C26H26O3Se/c1-3-22-24(30-21-17-11-6-12-18-21)23(25(27)28-2)26(29-22,19-13-7-4-8-14-19)20-15-9-5-10-16-20/h4-18,22-24H,3H2,1-2H3/t22-,23-,24-/m1/s1. The van der Waals surface area contributed by atoms with Gasteiger partial charge in [0.25, 0.3) is 0 Å². The van der Waals surface area contributed by atoms with Crippen molar-refractivity contribution in [1.82, 2.24) is 0 Å². The molecule has 0 aromatic heterocycles. The number of methoxy groups -OCH3 is 1. The van der Waals surface area contributed by atoms with Gasteiger partial charge in [-0.25, -0.2) is 0 Å². The zero-order valence-electron chi connectivity index (χ0n) is 17.2. The minimum atomic E-state index is -0.864. The van der Waals surface area contributed by atoms with Gasteiger partial charge in [0.15, 0.2) is 0 Å². The number of hydrogen-bond donors (Lipinski definition) is 0. The molecular formula is C26H26O3Se. The molecule has 0 N–H and O–H groups in total. The second-order valence-electron chi connectivity index (χ2n) is 7.43. The third-order valence-electron chi connectivity index (χ3n) is 5.75. The fourth-order valence-electron chi connectivity index (χ4n) is 4.40. The van der Waals surface area contributed by atoms with E-state index in [-0.39, 0.29) is 31.8 Å². The molecule has 3 aromatic carbocycles. The number of rotatable bonds is 6. The molecule has 0 bridgehead atoms. The molecule has 1 fully saturated rings.